The molecule has 0 unspecified atom stereocenters. The number of non-ortho nitro benzene ring substituents is 1. The molecule has 0 saturated heterocycles. The van der Waals surface area contributed by atoms with Crippen LogP contribution in [0.4, 0.5) is 20.2 Å². The number of rotatable bonds is 5. The van der Waals surface area contributed by atoms with Crippen LogP contribution < -0.4 is 5.32 Å². The van der Waals surface area contributed by atoms with Gasteiger partial charge in [-0.2, -0.15) is 0 Å². The van der Waals surface area contributed by atoms with Crippen LogP contribution in [-0.2, 0) is 6.54 Å². The molecular formula is C14H10F2N2O4. The molecule has 0 radical (unpaired) electrons. The predicted molar refractivity (Wildman–Crippen MR) is 73.7 cm³/mol. The van der Waals surface area contributed by atoms with Crippen molar-refractivity contribution in [2.24, 2.45) is 0 Å². The van der Waals surface area contributed by atoms with E-state index in [-0.39, 0.29) is 29.0 Å². The third-order valence-electron chi connectivity index (χ3n) is 2.85. The first-order chi connectivity index (χ1) is 10.4. The first-order valence-electron chi connectivity index (χ1n) is 6.07. The second-order valence-corrected chi connectivity index (χ2v) is 4.42. The molecule has 0 spiro atoms. The highest BCUT2D eigenvalue weighted by atomic mass is 19.1. The molecule has 0 bridgehead atoms. The smallest absolute Gasteiger partial charge is 0.338 e. The van der Waals surface area contributed by atoms with E-state index in [0.29, 0.717) is 0 Å². The summed E-state index contributed by atoms with van der Waals surface area (Å²) >= 11 is 0. The van der Waals surface area contributed by atoms with Gasteiger partial charge in [0.2, 0.25) is 0 Å². The number of benzene rings is 2. The van der Waals surface area contributed by atoms with Gasteiger partial charge in [0.05, 0.1) is 10.5 Å². The minimum Gasteiger partial charge on any atom is -0.478 e. The molecule has 114 valence electrons. The Morgan fingerprint density at radius 1 is 1.18 bits per heavy atom. The molecule has 2 rings (SSSR count). The highest BCUT2D eigenvalue weighted by Gasteiger charge is 2.16. The van der Waals surface area contributed by atoms with Gasteiger partial charge in [-0.3, -0.25) is 10.1 Å². The largest absolute Gasteiger partial charge is 0.478 e. The van der Waals surface area contributed by atoms with Gasteiger partial charge in [0.25, 0.3) is 5.69 Å². The van der Waals surface area contributed by atoms with E-state index < -0.39 is 22.5 Å². The number of nitrogens with zero attached hydrogens (tertiary/aromatic N) is 1. The Hall–Kier alpha value is -3.03. The summed E-state index contributed by atoms with van der Waals surface area (Å²) in [6, 6.07) is 6.21. The maximum atomic E-state index is 13.1. The molecule has 22 heavy (non-hydrogen) atoms. The Kier molecular flexibility index (Phi) is 4.31. The molecule has 0 heterocycles. The molecule has 2 aromatic carbocycles. The molecule has 0 fully saturated rings. The van der Waals surface area contributed by atoms with Crippen molar-refractivity contribution in [3.63, 3.8) is 0 Å². The van der Waals surface area contributed by atoms with Gasteiger partial charge in [0.15, 0.2) is 0 Å². The quantitative estimate of drug-likeness (QED) is 0.653. The second-order valence-electron chi connectivity index (χ2n) is 4.42. The molecular weight excluding hydrogens is 298 g/mol. The van der Waals surface area contributed by atoms with Crippen LogP contribution in [0.3, 0.4) is 0 Å². The van der Waals surface area contributed by atoms with Crippen molar-refractivity contribution in [1.82, 2.24) is 0 Å². The zero-order chi connectivity index (χ0) is 16.3. The Balaban J connectivity index is 2.25. The number of carboxylic acid groups (broad SMARTS) is 1. The molecule has 8 heteroatoms. The second kappa shape index (κ2) is 6.17. The van der Waals surface area contributed by atoms with Crippen LogP contribution in [0.5, 0.6) is 0 Å². The Bertz CT molecular complexity index is 729. The van der Waals surface area contributed by atoms with Gasteiger partial charge < -0.3 is 10.4 Å². The summed E-state index contributed by atoms with van der Waals surface area (Å²) in [6.45, 7) is -0.0349. The van der Waals surface area contributed by atoms with E-state index in [9.17, 15) is 23.7 Å². The van der Waals surface area contributed by atoms with Gasteiger partial charge in [-0.05, 0) is 23.8 Å². The van der Waals surface area contributed by atoms with Gasteiger partial charge in [0.1, 0.15) is 11.6 Å². The SMILES string of the molecule is O=C(O)c1cc([N+](=O)[O-])ccc1NCc1cc(F)cc(F)c1. The fourth-order valence-electron chi connectivity index (χ4n) is 1.89. The van der Waals surface area contributed by atoms with Crippen LogP contribution in [0.2, 0.25) is 0 Å². The minimum atomic E-state index is -1.35. The monoisotopic (exact) mass is 308 g/mol. The Morgan fingerprint density at radius 3 is 2.36 bits per heavy atom. The summed E-state index contributed by atoms with van der Waals surface area (Å²) in [6.07, 6.45) is 0. The molecule has 0 aliphatic carbocycles. The lowest BCUT2D eigenvalue weighted by atomic mass is 10.1. The normalized spacial score (nSPS) is 10.3. The van der Waals surface area contributed by atoms with Crippen LogP contribution >= 0.6 is 0 Å². The van der Waals surface area contributed by atoms with Crippen LogP contribution in [0.25, 0.3) is 0 Å². The standard InChI is InChI=1S/C14H10F2N2O4/c15-9-3-8(4-10(16)5-9)7-17-13-2-1-11(18(21)22)6-12(13)14(19)20/h1-6,17H,7H2,(H,19,20). The topological polar surface area (TPSA) is 92.5 Å². The molecule has 2 aromatic rings. The zero-order valence-electron chi connectivity index (χ0n) is 11.0. The summed E-state index contributed by atoms with van der Waals surface area (Å²) in [7, 11) is 0. The third-order valence-corrected chi connectivity index (χ3v) is 2.85. The number of hydrogen-bond acceptors (Lipinski definition) is 4. The van der Waals surface area contributed by atoms with Gasteiger partial charge >= 0.3 is 5.97 Å². The molecule has 0 aliphatic heterocycles. The van der Waals surface area contributed by atoms with Gasteiger partial charge in [-0.15, -0.1) is 0 Å². The average molecular weight is 308 g/mol. The number of nitro benzene ring substituents is 1. The van der Waals surface area contributed by atoms with Crippen molar-refractivity contribution in [1.29, 1.82) is 0 Å². The summed E-state index contributed by atoms with van der Waals surface area (Å²) < 4.78 is 26.1. The summed E-state index contributed by atoms with van der Waals surface area (Å²) in [5.74, 6) is -2.85. The molecule has 6 nitrogen and oxygen atoms in total. The summed E-state index contributed by atoms with van der Waals surface area (Å²) in [5, 5.41) is 22.4. The molecule has 0 aliphatic rings. The number of aromatic carboxylic acids is 1. The third kappa shape index (κ3) is 3.54. The van der Waals surface area contributed by atoms with E-state index in [0.717, 1.165) is 30.3 Å². The number of anilines is 1. The van der Waals surface area contributed by atoms with Crippen LogP contribution in [0, 0.1) is 21.7 Å². The number of carbonyl (C=O) groups is 1. The lowest BCUT2D eigenvalue weighted by Crippen LogP contribution is -2.07. The van der Waals surface area contributed by atoms with E-state index in [2.05, 4.69) is 5.32 Å². The maximum absolute atomic E-state index is 13.1. The number of halogens is 2. The Morgan fingerprint density at radius 2 is 1.82 bits per heavy atom. The van der Waals surface area contributed by atoms with Crippen molar-refractivity contribution in [2.45, 2.75) is 6.54 Å². The summed E-state index contributed by atoms with van der Waals surface area (Å²) in [5.41, 5.74) is -0.277. The zero-order valence-corrected chi connectivity index (χ0v) is 11.0. The van der Waals surface area contributed by atoms with Crippen molar-refractivity contribution in [3.05, 3.63) is 69.3 Å². The van der Waals surface area contributed by atoms with E-state index in [1.165, 1.54) is 6.07 Å². The van der Waals surface area contributed by atoms with Gasteiger partial charge in [-0.25, -0.2) is 13.6 Å². The fourth-order valence-corrected chi connectivity index (χ4v) is 1.89. The van der Waals surface area contributed by atoms with Crippen LogP contribution in [0.1, 0.15) is 15.9 Å². The minimum absolute atomic E-state index is 0.0349. The summed E-state index contributed by atoms with van der Waals surface area (Å²) in [4.78, 5) is 21.1. The first kappa shape index (κ1) is 15.4. The van der Waals surface area contributed by atoms with Gasteiger partial charge in [0, 0.05) is 30.4 Å². The molecule has 0 amide bonds. The number of nitro groups is 1. The van der Waals surface area contributed by atoms with E-state index in [4.69, 9.17) is 5.11 Å². The number of nitrogens with one attached hydrogen (secondary N) is 1. The van der Waals surface area contributed by atoms with E-state index >= 15 is 0 Å². The van der Waals surface area contributed by atoms with E-state index in [1.807, 2.05) is 0 Å². The Labute approximate surface area is 123 Å². The molecule has 2 N–H and O–H groups in total. The lowest BCUT2D eigenvalue weighted by molar-refractivity contribution is -0.384. The van der Waals surface area contributed by atoms with Crippen LogP contribution in [0.15, 0.2) is 36.4 Å². The highest BCUT2D eigenvalue weighted by Crippen LogP contribution is 2.23. The van der Waals surface area contributed by atoms with Crippen molar-refractivity contribution < 1.29 is 23.6 Å². The number of hydrogen-bond donors (Lipinski definition) is 2. The van der Waals surface area contributed by atoms with Crippen molar-refractivity contribution in [2.75, 3.05) is 5.32 Å². The van der Waals surface area contributed by atoms with Gasteiger partial charge in [-0.1, -0.05) is 0 Å². The first-order valence-corrected chi connectivity index (χ1v) is 6.07. The fraction of sp³-hybridized carbons (Fsp3) is 0.0714. The highest BCUT2D eigenvalue weighted by molar-refractivity contribution is 5.95. The lowest BCUT2D eigenvalue weighted by Gasteiger charge is -2.10. The van der Waals surface area contributed by atoms with Crippen LogP contribution in [-0.4, -0.2) is 16.0 Å². The van der Waals surface area contributed by atoms with Crippen molar-refractivity contribution >= 4 is 17.3 Å². The number of carboxylic acids is 1. The maximum Gasteiger partial charge on any atom is 0.338 e. The van der Waals surface area contributed by atoms with E-state index in [1.54, 1.807) is 0 Å². The van der Waals surface area contributed by atoms with Crippen molar-refractivity contribution in [3.8, 4) is 0 Å². The predicted octanol–water partition coefficient (Wildman–Crippen LogP) is 3.18. The molecule has 0 saturated carbocycles. The molecule has 0 atom stereocenters. The molecule has 0 aromatic heterocycles. The average Bonchev–Trinajstić information content (AvgIpc) is 2.43.